The zero-order valence-electron chi connectivity index (χ0n) is 20.1. The van der Waals surface area contributed by atoms with Gasteiger partial charge in [0.15, 0.2) is 0 Å². The molecule has 3 aromatic rings. The Balaban J connectivity index is 1.30. The summed E-state index contributed by atoms with van der Waals surface area (Å²) in [6.45, 7) is 2.26. The molecule has 4 rings (SSSR count). The average molecular weight is 481 g/mol. The van der Waals surface area contributed by atoms with Crippen LogP contribution in [0, 0.1) is 11.8 Å². The first-order valence-corrected chi connectivity index (χ1v) is 12.3. The topological polar surface area (TPSA) is 88.4 Å². The summed E-state index contributed by atoms with van der Waals surface area (Å²) in [6.07, 6.45) is 10.2. The van der Waals surface area contributed by atoms with Gasteiger partial charge in [-0.2, -0.15) is 0 Å². The Bertz CT molecular complexity index is 1110. The lowest BCUT2D eigenvalue weighted by atomic mass is 9.81. The predicted molar refractivity (Wildman–Crippen MR) is 132 cm³/mol. The Morgan fingerprint density at radius 3 is 2.86 bits per heavy atom. The number of carboxylic acid groups (broad SMARTS) is 1. The van der Waals surface area contributed by atoms with E-state index in [0.29, 0.717) is 30.7 Å². The predicted octanol–water partition coefficient (Wildman–Crippen LogP) is 4.87. The highest BCUT2D eigenvalue weighted by molar-refractivity contribution is 5.83. The number of benzene rings is 1. The Kier molecular flexibility index (Phi) is 8.58. The molecule has 0 spiro atoms. The molecule has 1 aliphatic rings. The van der Waals surface area contributed by atoms with Crippen molar-refractivity contribution in [2.75, 3.05) is 26.7 Å². The minimum atomic E-state index is -1.18. The van der Waals surface area contributed by atoms with Crippen LogP contribution in [0.4, 0.5) is 4.39 Å². The smallest absolute Gasteiger partial charge is 0.308 e. The van der Waals surface area contributed by atoms with Crippen LogP contribution in [0.1, 0.15) is 49.4 Å². The third-order valence-corrected chi connectivity index (χ3v) is 7.07. The highest BCUT2D eigenvalue weighted by Crippen LogP contribution is 2.35. The van der Waals surface area contributed by atoms with Crippen molar-refractivity contribution < 1.29 is 19.0 Å². The fourth-order valence-corrected chi connectivity index (χ4v) is 5.08. The van der Waals surface area contributed by atoms with Gasteiger partial charge >= 0.3 is 5.97 Å². The summed E-state index contributed by atoms with van der Waals surface area (Å²) >= 11 is 0. The molecule has 0 unspecified atom stereocenters. The number of aliphatic carboxylic acids is 1. The lowest BCUT2D eigenvalue weighted by Crippen LogP contribution is -2.44. The van der Waals surface area contributed by atoms with Crippen LogP contribution in [0.15, 0.2) is 49.2 Å². The van der Waals surface area contributed by atoms with Crippen molar-refractivity contribution in [3.63, 3.8) is 0 Å². The van der Waals surface area contributed by atoms with Gasteiger partial charge in [0.1, 0.15) is 18.2 Å². The molecule has 0 amide bonds. The monoisotopic (exact) mass is 480 g/mol. The molecule has 2 aromatic heterocycles. The maximum Gasteiger partial charge on any atom is 0.308 e. The zero-order valence-corrected chi connectivity index (χ0v) is 20.1. The van der Waals surface area contributed by atoms with E-state index in [-0.39, 0.29) is 5.92 Å². The summed E-state index contributed by atoms with van der Waals surface area (Å²) < 4.78 is 20.7. The average Bonchev–Trinajstić information content (AvgIpc) is 2.89. The van der Waals surface area contributed by atoms with Gasteiger partial charge in [0.25, 0.3) is 0 Å². The molecule has 186 valence electrons. The molecule has 0 aliphatic carbocycles. The number of carbonyl (C=O) groups is 1. The second-order valence-corrected chi connectivity index (χ2v) is 9.33. The maximum atomic E-state index is 15.4. The Labute approximate surface area is 205 Å². The van der Waals surface area contributed by atoms with Crippen LogP contribution < -0.4 is 4.74 Å². The minimum Gasteiger partial charge on any atom is -0.497 e. The van der Waals surface area contributed by atoms with Crippen molar-refractivity contribution in [2.45, 2.75) is 44.7 Å². The molecule has 3 heterocycles. The molecule has 7 nitrogen and oxygen atoms in total. The molecule has 1 saturated heterocycles. The first-order chi connectivity index (χ1) is 17.0. The quantitative estimate of drug-likeness (QED) is 0.392. The van der Waals surface area contributed by atoms with E-state index in [1.165, 1.54) is 6.33 Å². The van der Waals surface area contributed by atoms with Crippen LogP contribution in [0.3, 0.4) is 0 Å². The molecule has 1 aliphatic heterocycles. The number of halogens is 1. The number of fused-ring (bicyclic) bond motifs is 1. The number of nitrogens with zero attached hydrogens (tertiary/aromatic N) is 4. The summed E-state index contributed by atoms with van der Waals surface area (Å²) in [7, 11) is 1.58. The summed E-state index contributed by atoms with van der Waals surface area (Å²) in [5, 5.41) is 10.6. The van der Waals surface area contributed by atoms with Crippen molar-refractivity contribution in [2.24, 2.45) is 11.8 Å². The van der Waals surface area contributed by atoms with E-state index in [2.05, 4.69) is 19.9 Å². The maximum absolute atomic E-state index is 15.4. The number of alkyl halides is 1. The van der Waals surface area contributed by atoms with Gasteiger partial charge in [-0.05, 0) is 92.9 Å². The molecule has 1 N–H and O–H groups in total. The zero-order chi connectivity index (χ0) is 24.6. The van der Waals surface area contributed by atoms with E-state index >= 15 is 4.39 Å². The van der Waals surface area contributed by atoms with Crippen LogP contribution >= 0.6 is 0 Å². The SMILES string of the molecule is COc1ccc2nccc([C@@H](F)CC[C@@H]3CCN(CCCCc4cncnc4)C[C@@H]3C(=O)O)c2c1. The molecular weight excluding hydrogens is 447 g/mol. The Morgan fingerprint density at radius 1 is 1.26 bits per heavy atom. The third-order valence-electron chi connectivity index (χ3n) is 7.07. The molecule has 1 aromatic carbocycles. The van der Waals surface area contributed by atoms with Crippen molar-refractivity contribution in [3.8, 4) is 5.75 Å². The number of hydrogen-bond acceptors (Lipinski definition) is 6. The van der Waals surface area contributed by atoms with E-state index in [1.807, 2.05) is 30.6 Å². The highest BCUT2D eigenvalue weighted by atomic mass is 19.1. The van der Waals surface area contributed by atoms with E-state index < -0.39 is 18.1 Å². The van der Waals surface area contributed by atoms with Gasteiger partial charge in [-0.25, -0.2) is 14.4 Å². The summed E-state index contributed by atoms with van der Waals surface area (Å²) in [6, 6.07) is 7.17. The van der Waals surface area contributed by atoms with Crippen LogP contribution in [-0.2, 0) is 11.2 Å². The number of aromatic nitrogens is 3. The van der Waals surface area contributed by atoms with Crippen molar-refractivity contribution >= 4 is 16.9 Å². The number of piperidine rings is 1. The molecule has 3 atom stereocenters. The van der Waals surface area contributed by atoms with Crippen LogP contribution in [0.2, 0.25) is 0 Å². The molecule has 0 bridgehead atoms. The van der Waals surface area contributed by atoms with Gasteiger partial charge in [0, 0.05) is 30.5 Å². The van der Waals surface area contributed by atoms with Gasteiger partial charge in [0.05, 0.1) is 18.5 Å². The number of pyridine rings is 1. The van der Waals surface area contributed by atoms with Crippen LogP contribution in [0.5, 0.6) is 5.75 Å². The van der Waals surface area contributed by atoms with Gasteiger partial charge in [-0.3, -0.25) is 9.78 Å². The normalized spacial score (nSPS) is 19.5. The second-order valence-electron chi connectivity index (χ2n) is 9.33. The molecule has 35 heavy (non-hydrogen) atoms. The van der Waals surface area contributed by atoms with Gasteiger partial charge in [-0.15, -0.1) is 0 Å². The summed E-state index contributed by atoms with van der Waals surface area (Å²) in [4.78, 5) is 26.7. The van der Waals surface area contributed by atoms with E-state index in [0.717, 1.165) is 55.2 Å². The molecule has 8 heteroatoms. The number of ether oxygens (including phenoxy) is 1. The van der Waals surface area contributed by atoms with Crippen molar-refractivity contribution in [1.82, 2.24) is 19.9 Å². The summed E-state index contributed by atoms with van der Waals surface area (Å²) in [5.74, 6) is -0.608. The number of likely N-dealkylation sites (tertiary alicyclic amines) is 1. The van der Waals surface area contributed by atoms with Gasteiger partial charge in [0.2, 0.25) is 0 Å². The number of unbranched alkanes of at least 4 members (excludes halogenated alkanes) is 1. The number of carboxylic acids is 1. The lowest BCUT2D eigenvalue weighted by molar-refractivity contribution is -0.146. The Morgan fingerprint density at radius 2 is 2.09 bits per heavy atom. The fraction of sp³-hybridized carbons (Fsp3) is 0.481. The Hall–Kier alpha value is -3.13. The first kappa shape index (κ1) is 25.0. The number of aryl methyl sites for hydroxylation is 1. The number of hydrogen-bond donors (Lipinski definition) is 1. The lowest BCUT2D eigenvalue weighted by Gasteiger charge is -2.37. The summed E-state index contributed by atoms with van der Waals surface area (Å²) in [5.41, 5.74) is 2.43. The standard InChI is InChI=1S/C27H33FN4O3/c1-35-21-6-8-26-23(14-21)22(9-11-31-26)25(28)7-5-20-10-13-32(17-24(20)27(33)34)12-3-2-4-19-15-29-18-30-16-19/h6,8-9,11,14-16,18,20,24-25H,2-5,7,10,12-13,17H2,1H3,(H,33,34)/t20-,24+,25+/m1/s1. The van der Waals surface area contributed by atoms with Crippen molar-refractivity contribution in [1.29, 1.82) is 0 Å². The van der Waals surface area contributed by atoms with E-state index in [1.54, 1.807) is 19.4 Å². The van der Waals surface area contributed by atoms with Gasteiger partial charge in [-0.1, -0.05) is 0 Å². The minimum absolute atomic E-state index is 0.0221. The van der Waals surface area contributed by atoms with Crippen LogP contribution in [0.25, 0.3) is 10.9 Å². The third kappa shape index (κ3) is 6.51. The molecule has 0 saturated carbocycles. The fourth-order valence-electron chi connectivity index (χ4n) is 5.08. The van der Waals surface area contributed by atoms with Gasteiger partial charge < -0.3 is 14.7 Å². The number of methoxy groups -OCH3 is 1. The molecule has 0 radical (unpaired) electrons. The second kappa shape index (κ2) is 12.0. The number of rotatable bonds is 11. The first-order valence-electron chi connectivity index (χ1n) is 12.3. The van der Waals surface area contributed by atoms with Crippen LogP contribution in [-0.4, -0.2) is 57.7 Å². The molecular formula is C27H33FN4O3. The van der Waals surface area contributed by atoms with E-state index in [4.69, 9.17) is 4.74 Å². The largest absolute Gasteiger partial charge is 0.497 e. The van der Waals surface area contributed by atoms with E-state index in [9.17, 15) is 9.90 Å². The molecule has 1 fully saturated rings. The highest BCUT2D eigenvalue weighted by Gasteiger charge is 2.34. The van der Waals surface area contributed by atoms with Crippen molar-refractivity contribution in [3.05, 3.63) is 60.3 Å².